The predicted molar refractivity (Wildman–Crippen MR) is 122 cm³/mol. The highest BCUT2D eigenvalue weighted by atomic mass is 35.5. The molecule has 174 valence electrons. The zero-order valence-corrected chi connectivity index (χ0v) is 18.7. The van der Waals surface area contributed by atoms with Crippen molar-refractivity contribution < 1.29 is 24.1 Å². The maximum Gasteiger partial charge on any atom is 0.303 e. The fraction of sp³-hybridized carbons (Fsp3) is 0.458. The van der Waals surface area contributed by atoms with Crippen LogP contribution >= 0.6 is 11.6 Å². The first-order chi connectivity index (χ1) is 15.4. The number of aryl methyl sites for hydroxylation is 1. The summed E-state index contributed by atoms with van der Waals surface area (Å²) in [5, 5.41) is 23.3. The van der Waals surface area contributed by atoms with E-state index in [4.69, 9.17) is 21.4 Å². The first kappa shape index (κ1) is 24.5. The van der Waals surface area contributed by atoms with Crippen molar-refractivity contribution in [1.29, 1.82) is 0 Å². The molecule has 8 heteroatoms. The van der Waals surface area contributed by atoms with Gasteiger partial charge in [-0.2, -0.15) is 0 Å². The second-order valence-electron chi connectivity index (χ2n) is 8.20. The number of carboxylic acid groups (broad SMARTS) is 1. The number of nitrogens with zero attached hydrogens (tertiary/aromatic N) is 1. The van der Waals surface area contributed by atoms with Crippen LogP contribution in [0, 0.1) is 5.82 Å². The molecule has 0 aromatic heterocycles. The Labute approximate surface area is 193 Å². The van der Waals surface area contributed by atoms with Crippen molar-refractivity contribution in [1.82, 2.24) is 10.2 Å². The molecule has 1 aliphatic rings. The molecule has 1 atom stereocenters. The third kappa shape index (κ3) is 8.06. The van der Waals surface area contributed by atoms with E-state index < -0.39 is 17.9 Å². The van der Waals surface area contributed by atoms with E-state index in [1.54, 1.807) is 0 Å². The zero-order valence-electron chi connectivity index (χ0n) is 18.0. The molecule has 32 heavy (non-hydrogen) atoms. The number of benzene rings is 2. The number of halogens is 2. The summed E-state index contributed by atoms with van der Waals surface area (Å²) in [5.74, 6) is -1.11. The number of hydrogen-bond donors (Lipinski definition) is 3. The van der Waals surface area contributed by atoms with Gasteiger partial charge in [-0.15, -0.1) is 0 Å². The van der Waals surface area contributed by atoms with Gasteiger partial charge >= 0.3 is 5.97 Å². The van der Waals surface area contributed by atoms with E-state index in [2.05, 4.69) is 22.3 Å². The molecule has 0 bridgehead atoms. The number of likely N-dealkylation sites (tertiary alicyclic amines) is 1. The fourth-order valence-corrected chi connectivity index (χ4v) is 3.93. The number of aliphatic carboxylic acids is 1. The number of aliphatic hydroxyl groups excluding tert-OH is 1. The van der Waals surface area contributed by atoms with Crippen LogP contribution < -0.4 is 10.1 Å². The summed E-state index contributed by atoms with van der Waals surface area (Å²) in [6, 6.07) is 12.3. The second kappa shape index (κ2) is 12.2. The van der Waals surface area contributed by atoms with Crippen molar-refractivity contribution in [2.75, 3.05) is 26.2 Å². The summed E-state index contributed by atoms with van der Waals surface area (Å²) < 4.78 is 19.2. The number of nitrogens with one attached hydrogen (secondary N) is 1. The molecular formula is C24H30ClFN2O4. The number of ether oxygens (including phenoxy) is 1. The minimum atomic E-state index is -0.927. The first-order valence-electron chi connectivity index (χ1n) is 10.9. The smallest absolute Gasteiger partial charge is 0.303 e. The van der Waals surface area contributed by atoms with Gasteiger partial charge in [0.25, 0.3) is 0 Å². The van der Waals surface area contributed by atoms with E-state index in [0.717, 1.165) is 37.5 Å². The fourth-order valence-electron chi connectivity index (χ4n) is 3.80. The van der Waals surface area contributed by atoms with Gasteiger partial charge in [0.1, 0.15) is 24.3 Å². The number of rotatable bonds is 11. The lowest BCUT2D eigenvalue weighted by Crippen LogP contribution is -2.45. The number of carbonyl (C=O) groups is 1. The van der Waals surface area contributed by atoms with Crippen LogP contribution in [0.4, 0.5) is 4.39 Å². The van der Waals surface area contributed by atoms with Crippen molar-refractivity contribution in [2.24, 2.45) is 0 Å². The quantitative estimate of drug-likeness (QED) is 0.472. The van der Waals surface area contributed by atoms with Crippen molar-refractivity contribution in [3.05, 3.63) is 64.4 Å². The van der Waals surface area contributed by atoms with E-state index in [1.165, 1.54) is 23.8 Å². The van der Waals surface area contributed by atoms with Gasteiger partial charge in [-0.05, 0) is 61.7 Å². The summed E-state index contributed by atoms with van der Waals surface area (Å²) in [7, 11) is 0. The highest BCUT2D eigenvalue weighted by Gasteiger charge is 2.20. The van der Waals surface area contributed by atoms with Crippen LogP contribution in [0.2, 0.25) is 5.02 Å². The molecule has 2 aromatic rings. The van der Waals surface area contributed by atoms with Gasteiger partial charge in [0.2, 0.25) is 0 Å². The van der Waals surface area contributed by atoms with E-state index in [0.29, 0.717) is 18.2 Å². The van der Waals surface area contributed by atoms with Crippen molar-refractivity contribution in [2.45, 2.75) is 44.4 Å². The zero-order chi connectivity index (χ0) is 22.9. The summed E-state index contributed by atoms with van der Waals surface area (Å²) in [6.45, 7) is 3.23. The van der Waals surface area contributed by atoms with Gasteiger partial charge in [0.15, 0.2) is 0 Å². The van der Waals surface area contributed by atoms with Crippen LogP contribution in [0.5, 0.6) is 5.75 Å². The summed E-state index contributed by atoms with van der Waals surface area (Å²) in [4.78, 5) is 13.2. The van der Waals surface area contributed by atoms with Crippen molar-refractivity contribution in [3.8, 4) is 5.75 Å². The average molecular weight is 465 g/mol. The topological polar surface area (TPSA) is 82.0 Å². The summed E-state index contributed by atoms with van der Waals surface area (Å²) in [5.41, 5.74) is 1.86. The number of carboxylic acids is 1. The number of piperidine rings is 1. The summed E-state index contributed by atoms with van der Waals surface area (Å²) >= 11 is 5.94. The standard InChI is InChI=1S/C24H30ClFN2O4/c25-19-5-1-17(2-6-19)15-28-11-9-21(10-12-28)27-14-22(29)16-32-23-13-20(26)7-3-18(23)4-8-24(30)31/h1-3,5-7,13,21-22,27,29H,4,8-12,14-16H2,(H,30,31)/t22-/m1/s1. The monoisotopic (exact) mass is 464 g/mol. The molecule has 1 fully saturated rings. The van der Waals surface area contributed by atoms with Crippen LogP contribution in [0.15, 0.2) is 42.5 Å². The lowest BCUT2D eigenvalue weighted by atomic mass is 10.0. The van der Waals surface area contributed by atoms with Crippen LogP contribution in [0.25, 0.3) is 0 Å². The average Bonchev–Trinajstić information content (AvgIpc) is 2.78. The van der Waals surface area contributed by atoms with E-state index in [1.807, 2.05) is 12.1 Å². The predicted octanol–water partition coefficient (Wildman–Crippen LogP) is 3.49. The highest BCUT2D eigenvalue weighted by molar-refractivity contribution is 6.30. The minimum Gasteiger partial charge on any atom is -0.490 e. The van der Waals surface area contributed by atoms with Gasteiger partial charge in [-0.3, -0.25) is 9.69 Å². The lowest BCUT2D eigenvalue weighted by Gasteiger charge is -2.33. The largest absolute Gasteiger partial charge is 0.490 e. The van der Waals surface area contributed by atoms with Crippen LogP contribution in [0.1, 0.15) is 30.4 Å². The molecule has 3 rings (SSSR count). The van der Waals surface area contributed by atoms with Crippen LogP contribution in [-0.2, 0) is 17.8 Å². The second-order valence-corrected chi connectivity index (χ2v) is 8.63. The van der Waals surface area contributed by atoms with Crippen molar-refractivity contribution in [3.63, 3.8) is 0 Å². The van der Waals surface area contributed by atoms with E-state index in [-0.39, 0.29) is 25.2 Å². The van der Waals surface area contributed by atoms with Gasteiger partial charge in [-0.1, -0.05) is 29.8 Å². The molecule has 6 nitrogen and oxygen atoms in total. The molecule has 0 unspecified atom stereocenters. The van der Waals surface area contributed by atoms with Gasteiger partial charge < -0.3 is 20.3 Å². The van der Waals surface area contributed by atoms with Gasteiger partial charge in [0, 0.05) is 36.6 Å². The molecule has 0 aliphatic carbocycles. The number of hydrogen-bond acceptors (Lipinski definition) is 5. The molecule has 2 aromatic carbocycles. The molecule has 3 N–H and O–H groups in total. The molecule has 1 heterocycles. The molecule has 0 radical (unpaired) electrons. The van der Waals surface area contributed by atoms with E-state index >= 15 is 0 Å². The Morgan fingerprint density at radius 2 is 1.94 bits per heavy atom. The highest BCUT2D eigenvalue weighted by Crippen LogP contribution is 2.22. The Kier molecular flexibility index (Phi) is 9.29. The third-order valence-electron chi connectivity index (χ3n) is 5.62. The molecule has 1 aliphatic heterocycles. The molecule has 0 saturated carbocycles. The Hall–Kier alpha value is -2.19. The van der Waals surface area contributed by atoms with Crippen LogP contribution in [0.3, 0.4) is 0 Å². The molecule has 1 saturated heterocycles. The Balaban J connectivity index is 1.37. The Bertz CT molecular complexity index is 873. The molecule has 0 amide bonds. The molecule has 0 spiro atoms. The summed E-state index contributed by atoms with van der Waals surface area (Å²) in [6.07, 6.45) is 1.41. The Morgan fingerprint density at radius 3 is 2.62 bits per heavy atom. The maximum atomic E-state index is 13.6. The first-order valence-corrected chi connectivity index (χ1v) is 11.3. The maximum absolute atomic E-state index is 13.6. The van der Waals surface area contributed by atoms with Crippen LogP contribution in [-0.4, -0.2) is 59.5 Å². The minimum absolute atomic E-state index is 0.00589. The molecular weight excluding hydrogens is 435 g/mol. The van der Waals surface area contributed by atoms with Gasteiger partial charge in [-0.25, -0.2) is 4.39 Å². The third-order valence-corrected chi connectivity index (χ3v) is 5.87. The normalized spacial score (nSPS) is 16.1. The van der Waals surface area contributed by atoms with Gasteiger partial charge in [0.05, 0.1) is 0 Å². The SMILES string of the molecule is O=C(O)CCc1ccc(F)cc1OC[C@H](O)CNC1CCN(Cc2ccc(Cl)cc2)CC1. The van der Waals surface area contributed by atoms with Crippen molar-refractivity contribution >= 4 is 17.6 Å². The van der Waals surface area contributed by atoms with E-state index in [9.17, 15) is 14.3 Å². The Morgan fingerprint density at radius 1 is 1.22 bits per heavy atom. The lowest BCUT2D eigenvalue weighted by molar-refractivity contribution is -0.136. The number of aliphatic hydroxyl groups is 1.